The van der Waals surface area contributed by atoms with E-state index in [9.17, 15) is 4.79 Å². The van der Waals surface area contributed by atoms with Gasteiger partial charge in [-0.3, -0.25) is 9.69 Å². The van der Waals surface area contributed by atoms with E-state index in [1.807, 2.05) is 11.8 Å². The molecule has 5 nitrogen and oxygen atoms in total. The molecule has 6 heteroatoms. The van der Waals surface area contributed by atoms with Crippen molar-refractivity contribution in [3.8, 4) is 0 Å². The minimum atomic E-state index is 0.143. The van der Waals surface area contributed by atoms with Crippen molar-refractivity contribution >= 4 is 17.5 Å². The first-order chi connectivity index (χ1) is 8.54. The SMILES string of the molecule is CC(=O)N1CCN(Cc2nc(C)cc(Cl)n2)CC1. The molecule has 1 aliphatic heterocycles. The van der Waals surface area contributed by atoms with Crippen LogP contribution in [0.4, 0.5) is 0 Å². The van der Waals surface area contributed by atoms with Gasteiger partial charge < -0.3 is 4.90 Å². The third-order valence-corrected chi connectivity index (χ3v) is 3.25. The first kappa shape index (κ1) is 13.2. The lowest BCUT2D eigenvalue weighted by molar-refractivity contribution is -0.130. The lowest BCUT2D eigenvalue weighted by atomic mass is 10.3. The summed E-state index contributed by atoms with van der Waals surface area (Å²) in [6.45, 7) is 7.46. The van der Waals surface area contributed by atoms with Crippen LogP contribution in [0.2, 0.25) is 5.15 Å². The normalized spacial score (nSPS) is 16.9. The van der Waals surface area contributed by atoms with Crippen LogP contribution in [-0.4, -0.2) is 51.9 Å². The zero-order valence-corrected chi connectivity index (χ0v) is 11.4. The Labute approximate surface area is 112 Å². The summed E-state index contributed by atoms with van der Waals surface area (Å²) in [6, 6.07) is 1.75. The molecule has 1 aromatic heterocycles. The maximum atomic E-state index is 11.2. The predicted octanol–water partition coefficient (Wildman–Crippen LogP) is 1.10. The fraction of sp³-hybridized carbons (Fsp3) is 0.583. The molecule has 0 aromatic carbocycles. The van der Waals surface area contributed by atoms with Crippen molar-refractivity contribution in [2.75, 3.05) is 26.2 Å². The lowest BCUT2D eigenvalue weighted by Gasteiger charge is -2.33. The Morgan fingerprint density at radius 2 is 2.00 bits per heavy atom. The number of halogens is 1. The second-order valence-corrected chi connectivity index (χ2v) is 4.92. The van der Waals surface area contributed by atoms with Gasteiger partial charge in [0.05, 0.1) is 6.54 Å². The quantitative estimate of drug-likeness (QED) is 0.754. The minimum Gasteiger partial charge on any atom is -0.340 e. The van der Waals surface area contributed by atoms with Crippen molar-refractivity contribution in [3.05, 3.63) is 22.7 Å². The highest BCUT2D eigenvalue weighted by Crippen LogP contribution is 2.10. The molecule has 0 saturated carbocycles. The summed E-state index contributed by atoms with van der Waals surface area (Å²) in [4.78, 5) is 23.9. The molecular weight excluding hydrogens is 252 g/mol. The molecule has 18 heavy (non-hydrogen) atoms. The summed E-state index contributed by atoms with van der Waals surface area (Å²) < 4.78 is 0. The summed E-state index contributed by atoms with van der Waals surface area (Å²) in [5.74, 6) is 0.890. The topological polar surface area (TPSA) is 49.3 Å². The number of hydrogen-bond donors (Lipinski definition) is 0. The number of nitrogens with zero attached hydrogens (tertiary/aromatic N) is 4. The first-order valence-electron chi connectivity index (χ1n) is 6.02. The molecule has 0 N–H and O–H groups in total. The largest absolute Gasteiger partial charge is 0.340 e. The number of piperazine rings is 1. The Hall–Kier alpha value is -1.20. The van der Waals surface area contributed by atoms with Crippen LogP contribution in [0.25, 0.3) is 0 Å². The Morgan fingerprint density at radius 1 is 1.33 bits per heavy atom. The summed E-state index contributed by atoms with van der Waals surface area (Å²) in [6.07, 6.45) is 0. The Bertz CT molecular complexity index is 423. The van der Waals surface area contributed by atoms with E-state index < -0.39 is 0 Å². The molecule has 0 spiro atoms. The summed E-state index contributed by atoms with van der Waals surface area (Å²) >= 11 is 5.91. The molecule has 0 unspecified atom stereocenters. The van der Waals surface area contributed by atoms with Crippen LogP contribution in [0, 0.1) is 6.92 Å². The second kappa shape index (κ2) is 5.63. The molecule has 0 bridgehead atoms. The Morgan fingerprint density at radius 3 is 2.56 bits per heavy atom. The Balaban J connectivity index is 1.93. The van der Waals surface area contributed by atoms with Gasteiger partial charge in [-0.15, -0.1) is 0 Å². The van der Waals surface area contributed by atoms with Crippen molar-refractivity contribution in [2.24, 2.45) is 0 Å². The van der Waals surface area contributed by atoms with E-state index in [1.54, 1.807) is 13.0 Å². The maximum Gasteiger partial charge on any atom is 0.219 e. The van der Waals surface area contributed by atoms with Crippen molar-refractivity contribution in [3.63, 3.8) is 0 Å². The van der Waals surface area contributed by atoms with E-state index in [-0.39, 0.29) is 5.91 Å². The number of rotatable bonds is 2. The average molecular weight is 269 g/mol. The van der Waals surface area contributed by atoms with Gasteiger partial charge in [-0.2, -0.15) is 0 Å². The van der Waals surface area contributed by atoms with E-state index in [1.165, 1.54) is 0 Å². The summed E-state index contributed by atoms with van der Waals surface area (Å²) in [5, 5.41) is 0.486. The van der Waals surface area contributed by atoms with Gasteiger partial charge in [0.25, 0.3) is 0 Å². The van der Waals surface area contributed by atoms with Crippen LogP contribution in [0.15, 0.2) is 6.07 Å². The molecule has 2 heterocycles. The van der Waals surface area contributed by atoms with Crippen LogP contribution in [0.5, 0.6) is 0 Å². The van der Waals surface area contributed by atoms with E-state index in [0.29, 0.717) is 11.7 Å². The smallest absolute Gasteiger partial charge is 0.219 e. The van der Waals surface area contributed by atoms with Gasteiger partial charge in [0.15, 0.2) is 0 Å². The standard InChI is InChI=1S/C12H17ClN4O/c1-9-7-11(13)15-12(14-9)8-16-3-5-17(6-4-16)10(2)18/h7H,3-6,8H2,1-2H3. The number of carbonyl (C=O) groups excluding carboxylic acids is 1. The van der Waals surface area contributed by atoms with Crippen LogP contribution in [-0.2, 0) is 11.3 Å². The monoisotopic (exact) mass is 268 g/mol. The molecular formula is C12H17ClN4O. The second-order valence-electron chi connectivity index (χ2n) is 4.53. The molecule has 98 valence electrons. The van der Waals surface area contributed by atoms with Crippen LogP contribution >= 0.6 is 11.6 Å². The zero-order chi connectivity index (χ0) is 13.1. The van der Waals surface area contributed by atoms with Gasteiger partial charge in [0, 0.05) is 38.8 Å². The van der Waals surface area contributed by atoms with Gasteiger partial charge >= 0.3 is 0 Å². The van der Waals surface area contributed by atoms with Crippen LogP contribution in [0.1, 0.15) is 18.4 Å². The number of aryl methyl sites for hydroxylation is 1. The van der Waals surface area contributed by atoms with Crippen molar-refractivity contribution in [1.82, 2.24) is 19.8 Å². The molecule has 1 amide bonds. The maximum absolute atomic E-state index is 11.2. The third kappa shape index (κ3) is 3.40. The molecule has 1 saturated heterocycles. The zero-order valence-electron chi connectivity index (χ0n) is 10.7. The number of carbonyl (C=O) groups is 1. The highest BCUT2D eigenvalue weighted by Gasteiger charge is 2.19. The average Bonchev–Trinajstić information content (AvgIpc) is 2.28. The van der Waals surface area contributed by atoms with E-state index in [4.69, 9.17) is 11.6 Å². The minimum absolute atomic E-state index is 0.143. The number of amides is 1. The molecule has 1 aliphatic rings. The summed E-state index contributed by atoms with van der Waals surface area (Å²) in [7, 11) is 0. The lowest BCUT2D eigenvalue weighted by Crippen LogP contribution is -2.47. The van der Waals surface area contributed by atoms with Gasteiger partial charge in [-0.25, -0.2) is 9.97 Å². The van der Waals surface area contributed by atoms with E-state index >= 15 is 0 Å². The van der Waals surface area contributed by atoms with Crippen LogP contribution < -0.4 is 0 Å². The molecule has 0 radical (unpaired) electrons. The number of hydrogen-bond acceptors (Lipinski definition) is 4. The van der Waals surface area contributed by atoms with Gasteiger partial charge in [-0.05, 0) is 13.0 Å². The van der Waals surface area contributed by atoms with E-state index in [0.717, 1.165) is 37.7 Å². The molecule has 0 atom stereocenters. The fourth-order valence-electron chi connectivity index (χ4n) is 2.08. The van der Waals surface area contributed by atoms with Crippen molar-refractivity contribution in [1.29, 1.82) is 0 Å². The number of aromatic nitrogens is 2. The fourth-order valence-corrected chi connectivity index (χ4v) is 2.34. The molecule has 0 aliphatic carbocycles. The summed E-state index contributed by atoms with van der Waals surface area (Å²) in [5.41, 5.74) is 0.882. The predicted molar refractivity (Wildman–Crippen MR) is 69.3 cm³/mol. The van der Waals surface area contributed by atoms with Crippen molar-refractivity contribution < 1.29 is 4.79 Å². The molecule has 1 fully saturated rings. The highest BCUT2D eigenvalue weighted by molar-refractivity contribution is 6.29. The van der Waals surface area contributed by atoms with Gasteiger partial charge in [-0.1, -0.05) is 11.6 Å². The van der Waals surface area contributed by atoms with Gasteiger partial charge in [0.2, 0.25) is 5.91 Å². The van der Waals surface area contributed by atoms with Gasteiger partial charge in [0.1, 0.15) is 11.0 Å². The molecule has 1 aromatic rings. The van der Waals surface area contributed by atoms with E-state index in [2.05, 4.69) is 14.9 Å². The molecule has 2 rings (SSSR count). The highest BCUT2D eigenvalue weighted by atomic mass is 35.5. The Kier molecular flexibility index (Phi) is 4.14. The first-order valence-corrected chi connectivity index (χ1v) is 6.40. The van der Waals surface area contributed by atoms with Crippen LogP contribution in [0.3, 0.4) is 0 Å². The third-order valence-electron chi connectivity index (χ3n) is 3.05. The van der Waals surface area contributed by atoms with Crippen molar-refractivity contribution in [2.45, 2.75) is 20.4 Å².